The van der Waals surface area contributed by atoms with Gasteiger partial charge >= 0.3 is 0 Å². The molecule has 4 nitrogen and oxygen atoms in total. The van der Waals surface area contributed by atoms with Crippen LogP contribution in [-0.2, 0) is 0 Å². The lowest BCUT2D eigenvalue weighted by atomic mass is 10.2. The number of hydrogen-bond donors (Lipinski definition) is 2. The fraction of sp³-hybridized carbons (Fsp3) is 0. The number of aliphatic imine (C=N–C) groups is 2. The molecule has 0 aliphatic rings. The van der Waals surface area contributed by atoms with E-state index < -0.39 is 0 Å². The van der Waals surface area contributed by atoms with Crippen LogP contribution in [0.1, 0.15) is 11.1 Å². The lowest BCUT2D eigenvalue weighted by Crippen LogP contribution is -2.12. The quantitative estimate of drug-likeness (QED) is 0.322. The van der Waals surface area contributed by atoms with Crippen molar-refractivity contribution in [1.82, 2.24) is 0 Å². The summed E-state index contributed by atoms with van der Waals surface area (Å²) in [5.41, 5.74) is 13.6. The first-order valence-corrected chi connectivity index (χ1v) is 9.83. The van der Waals surface area contributed by atoms with Gasteiger partial charge < -0.3 is 11.5 Å². The first-order valence-electron chi connectivity index (χ1n) is 9.83. The summed E-state index contributed by atoms with van der Waals surface area (Å²) in [6, 6.07) is 31.1. The summed E-state index contributed by atoms with van der Waals surface area (Å²) in [6.45, 7) is 0. The molecule has 0 saturated carbocycles. The van der Waals surface area contributed by atoms with Gasteiger partial charge in [-0.15, -0.1) is 0 Å². The van der Waals surface area contributed by atoms with E-state index >= 15 is 0 Å². The lowest BCUT2D eigenvalue weighted by molar-refractivity contribution is 0.629. The molecule has 0 fully saturated rings. The van der Waals surface area contributed by atoms with E-state index in [9.17, 15) is 8.78 Å². The van der Waals surface area contributed by atoms with Crippen molar-refractivity contribution in [3.8, 4) is 0 Å². The maximum atomic E-state index is 13.3. The molecule has 4 rings (SSSR count). The normalized spacial score (nSPS) is 11.4. The van der Waals surface area contributed by atoms with Gasteiger partial charge in [0.2, 0.25) is 0 Å². The molecule has 0 spiro atoms. The summed E-state index contributed by atoms with van der Waals surface area (Å²) in [6.07, 6.45) is 0. The molecular weight excluding hydrogens is 406 g/mol. The Morgan fingerprint density at radius 3 is 1.12 bits per heavy atom. The summed E-state index contributed by atoms with van der Waals surface area (Å²) in [4.78, 5) is 8.10. The number of amidine groups is 2. The van der Waals surface area contributed by atoms with Crippen LogP contribution in [-0.4, -0.2) is 11.7 Å². The average molecular weight is 428 g/mol. The van der Waals surface area contributed by atoms with Gasteiger partial charge in [0.05, 0.1) is 0 Å². The van der Waals surface area contributed by atoms with E-state index in [0.717, 1.165) is 11.1 Å². The van der Waals surface area contributed by atoms with Gasteiger partial charge in [-0.3, -0.25) is 0 Å². The zero-order valence-electron chi connectivity index (χ0n) is 17.2. The van der Waals surface area contributed by atoms with Crippen molar-refractivity contribution in [1.29, 1.82) is 0 Å². The molecule has 32 heavy (non-hydrogen) atoms. The summed E-state index contributed by atoms with van der Waals surface area (Å²) in [7, 11) is 0. The highest BCUT2D eigenvalue weighted by atomic mass is 19.1. The van der Waals surface area contributed by atoms with Crippen LogP contribution in [0.5, 0.6) is 0 Å². The molecule has 0 atom stereocenters. The third kappa shape index (κ3) is 6.34. The van der Waals surface area contributed by atoms with Crippen LogP contribution in [0, 0.1) is 11.6 Å². The lowest BCUT2D eigenvalue weighted by Gasteiger charge is -2.01. The predicted octanol–water partition coefficient (Wildman–Crippen LogP) is 5.73. The first kappa shape index (κ1) is 22.4. The molecule has 4 N–H and O–H groups in total. The van der Waals surface area contributed by atoms with Gasteiger partial charge in [-0.1, -0.05) is 84.9 Å². The highest BCUT2D eigenvalue weighted by Crippen LogP contribution is 2.18. The largest absolute Gasteiger partial charge is 0.383 e. The monoisotopic (exact) mass is 428 g/mol. The number of hydrogen-bond acceptors (Lipinski definition) is 2. The van der Waals surface area contributed by atoms with Crippen molar-refractivity contribution < 1.29 is 8.78 Å². The molecule has 0 aromatic heterocycles. The van der Waals surface area contributed by atoms with Crippen LogP contribution in [0.25, 0.3) is 0 Å². The minimum Gasteiger partial charge on any atom is -0.383 e. The number of nitrogens with zero attached hydrogens (tertiary/aromatic N) is 2. The second-order valence-electron chi connectivity index (χ2n) is 6.63. The van der Waals surface area contributed by atoms with Crippen molar-refractivity contribution >= 4 is 23.0 Å². The van der Waals surface area contributed by atoms with Gasteiger partial charge in [0.15, 0.2) is 0 Å². The molecule has 6 heteroatoms. The molecule has 0 unspecified atom stereocenters. The Hall–Kier alpha value is -4.32. The van der Waals surface area contributed by atoms with Crippen LogP contribution >= 0.6 is 0 Å². The topological polar surface area (TPSA) is 76.8 Å². The molecule has 160 valence electrons. The van der Waals surface area contributed by atoms with Gasteiger partial charge in [0.25, 0.3) is 0 Å². The average Bonchev–Trinajstić information content (AvgIpc) is 2.83. The van der Waals surface area contributed by atoms with Crippen molar-refractivity contribution in [2.75, 3.05) is 0 Å². The third-order valence-corrected chi connectivity index (χ3v) is 4.33. The minimum absolute atomic E-state index is 0.254. The number of para-hydroxylation sites is 2. The van der Waals surface area contributed by atoms with Crippen LogP contribution in [0.2, 0.25) is 0 Å². The maximum absolute atomic E-state index is 13.3. The SMILES string of the molecule is NC(=Nc1ccccc1F)c1ccccc1.NC(=Nc1ccccc1F)c1ccccc1. The van der Waals surface area contributed by atoms with Gasteiger partial charge in [-0.25, -0.2) is 18.8 Å². The molecule has 0 saturated heterocycles. The van der Waals surface area contributed by atoms with Gasteiger partial charge in [0, 0.05) is 11.1 Å². The summed E-state index contributed by atoms with van der Waals surface area (Å²) < 4.78 is 26.6. The van der Waals surface area contributed by atoms with Gasteiger partial charge in [-0.05, 0) is 24.3 Å². The van der Waals surface area contributed by atoms with E-state index in [1.807, 2.05) is 60.7 Å². The number of nitrogens with two attached hydrogens (primary N) is 2. The first-order chi connectivity index (χ1) is 15.5. The van der Waals surface area contributed by atoms with Crippen molar-refractivity contribution in [3.05, 3.63) is 132 Å². The Morgan fingerprint density at radius 2 is 0.781 bits per heavy atom. The number of rotatable bonds is 4. The van der Waals surface area contributed by atoms with Gasteiger partial charge in [-0.2, -0.15) is 0 Å². The van der Waals surface area contributed by atoms with Crippen LogP contribution in [0.3, 0.4) is 0 Å². The summed E-state index contributed by atoms with van der Waals surface area (Å²) >= 11 is 0. The van der Waals surface area contributed by atoms with E-state index in [0.29, 0.717) is 11.7 Å². The van der Waals surface area contributed by atoms with E-state index in [2.05, 4.69) is 9.98 Å². The Morgan fingerprint density at radius 1 is 0.469 bits per heavy atom. The zero-order chi connectivity index (χ0) is 22.8. The predicted molar refractivity (Wildman–Crippen MR) is 126 cm³/mol. The van der Waals surface area contributed by atoms with Crippen LogP contribution in [0.4, 0.5) is 20.2 Å². The Bertz CT molecular complexity index is 1110. The molecular formula is C26H22F2N4. The maximum Gasteiger partial charge on any atom is 0.148 e. The summed E-state index contributed by atoms with van der Waals surface area (Å²) in [5.74, 6) is -0.126. The molecule has 4 aromatic rings. The van der Waals surface area contributed by atoms with Gasteiger partial charge in [0.1, 0.15) is 34.7 Å². The fourth-order valence-corrected chi connectivity index (χ4v) is 2.69. The molecule has 0 amide bonds. The smallest absolute Gasteiger partial charge is 0.148 e. The molecule has 0 radical (unpaired) electrons. The second-order valence-corrected chi connectivity index (χ2v) is 6.63. The molecule has 0 heterocycles. The minimum atomic E-state index is -0.374. The Balaban J connectivity index is 0.000000181. The number of halogens is 2. The third-order valence-electron chi connectivity index (χ3n) is 4.33. The molecule has 0 aliphatic carbocycles. The molecule has 0 bridgehead atoms. The van der Waals surface area contributed by atoms with Crippen molar-refractivity contribution in [3.63, 3.8) is 0 Å². The van der Waals surface area contributed by atoms with Crippen molar-refractivity contribution in [2.45, 2.75) is 0 Å². The van der Waals surface area contributed by atoms with E-state index in [-0.39, 0.29) is 23.0 Å². The highest BCUT2D eigenvalue weighted by molar-refractivity contribution is 5.99. The van der Waals surface area contributed by atoms with E-state index in [1.165, 1.54) is 12.1 Å². The van der Waals surface area contributed by atoms with E-state index in [4.69, 9.17) is 11.5 Å². The highest BCUT2D eigenvalue weighted by Gasteiger charge is 2.02. The zero-order valence-corrected chi connectivity index (χ0v) is 17.2. The van der Waals surface area contributed by atoms with E-state index in [1.54, 1.807) is 36.4 Å². The molecule has 0 aliphatic heterocycles. The van der Waals surface area contributed by atoms with Crippen LogP contribution < -0.4 is 11.5 Å². The fourth-order valence-electron chi connectivity index (χ4n) is 2.69. The number of benzene rings is 4. The Kier molecular flexibility index (Phi) is 7.81. The second kappa shape index (κ2) is 11.2. The standard InChI is InChI=1S/2C13H11FN2/c2*14-11-8-4-5-9-12(11)16-13(15)10-6-2-1-3-7-10/h2*1-9H,(H2,15,16). The molecule has 4 aromatic carbocycles. The van der Waals surface area contributed by atoms with Crippen LogP contribution in [0.15, 0.2) is 119 Å². The van der Waals surface area contributed by atoms with Crippen molar-refractivity contribution in [2.24, 2.45) is 21.5 Å². The Labute approximate surface area is 185 Å². The summed E-state index contributed by atoms with van der Waals surface area (Å²) in [5, 5.41) is 0.